The second kappa shape index (κ2) is 9.97. The number of carbonyl (C=O) groups is 2. The van der Waals surface area contributed by atoms with Crippen molar-refractivity contribution in [1.29, 1.82) is 0 Å². The van der Waals surface area contributed by atoms with Gasteiger partial charge in [-0.15, -0.1) is 0 Å². The Bertz CT molecular complexity index is 760. The van der Waals surface area contributed by atoms with Crippen LogP contribution in [0.15, 0.2) is 48.5 Å². The maximum absolute atomic E-state index is 12.1. The molecule has 0 aromatic heterocycles. The number of amides is 2. The summed E-state index contributed by atoms with van der Waals surface area (Å²) in [5, 5.41) is 3.56. The van der Waals surface area contributed by atoms with Gasteiger partial charge in [-0.3, -0.25) is 9.59 Å². The molecule has 0 bridgehead atoms. The van der Waals surface area contributed by atoms with Crippen LogP contribution in [0, 0.1) is 0 Å². The predicted molar refractivity (Wildman–Crippen MR) is 108 cm³/mol. The first kappa shape index (κ1) is 20.8. The Balaban J connectivity index is 1.98. The molecule has 0 saturated heterocycles. The lowest BCUT2D eigenvalue weighted by Crippen LogP contribution is -2.42. The van der Waals surface area contributed by atoms with Gasteiger partial charge in [0, 0.05) is 23.7 Å². The van der Waals surface area contributed by atoms with Gasteiger partial charge in [0.05, 0.1) is 0 Å². The van der Waals surface area contributed by atoms with E-state index in [1.807, 2.05) is 38.1 Å². The Kier molecular flexibility index (Phi) is 7.67. The molecule has 1 atom stereocenters. The van der Waals surface area contributed by atoms with E-state index in [2.05, 4.69) is 5.32 Å². The highest BCUT2D eigenvalue weighted by Crippen LogP contribution is 2.21. The molecule has 0 saturated carbocycles. The molecule has 0 aliphatic carbocycles. The number of benzene rings is 2. The molecule has 0 heterocycles. The fraction of sp³-hybridized carbons (Fsp3) is 0.333. The van der Waals surface area contributed by atoms with Crippen molar-refractivity contribution in [1.82, 2.24) is 5.32 Å². The van der Waals surface area contributed by atoms with Crippen molar-refractivity contribution in [3.05, 3.63) is 59.1 Å². The van der Waals surface area contributed by atoms with Crippen molar-refractivity contribution in [3.63, 3.8) is 0 Å². The molecular formula is C21H25ClN2O3. The van der Waals surface area contributed by atoms with Crippen LogP contribution in [0.25, 0.3) is 0 Å². The maximum Gasteiger partial charge on any atom is 0.240 e. The topological polar surface area (TPSA) is 58.6 Å². The van der Waals surface area contributed by atoms with Crippen LogP contribution < -0.4 is 15.0 Å². The Morgan fingerprint density at radius 3 is 2.30 bits per heavy atom. The van der Waals surface area contributed by atoms with Crippen molar-refractivity contribution >= 4 is 29.1 Å². The maximum atomic E-state index is 12.1. The van der Waals surface area contributed by atoms with Gasteiger partial charge in [-0.05, 0) is 55.3 Å². The molecule has 0 aliphatic heterocycles. The van der Waals surface area contributed by atoms with E-state index in [0.29, 0.717) is 23.1 Å². The highest BCUT2D eigenvalue weighted by molar-refractivity contribution is 6.30. The molecular weight excluding hydrogens is 364 g/mol. The molecule has 1 N–H and O–H groups in total. The predicted octanol–water partition coefficient (Wildman–Crippen LogP) is 4.19. The third kappa shape index (κ3) is 6.61. The Morgan fingerprint density at radius 2 is 1.74 bits per heavy atom. The number of rotatable bonds is 8. The first-order chi connectivity index (χ1) is 12.9. The van der Waals surface area contributed by atoms with Crippen LogP contribution >= 0.6 is 11.6 Å². The summed E-state index contributed by atoms with van der Waals surface area (Å²) in [5.41, 5.74) is 1.66. The number of hydrogen-bond acceptors (Lipinski definition) is 3. The summed E-state index contributed by atoms with van der Waals surface area (Å²) in [7, 11) is 0. The van der Waals surface area contributed by atoms with Gasteiger partial charge in [0.25, 0.3) is 0 Å². The third-order valence-corrected chi connectivity index (χ3v) is 4.42. The molecule has 2 aromatic rings. The number of ether oxygens (including phenoxy) is 1. The molecule has 0 aliphatic rings. The van der Waals surface area contributed by atoms with Gasteiger partial charge in [-0.2, -0.15) is 0 Å². The second-order valence-electron chi connectivity index (χ2n) is 6.39. The SMILES string of the molecule is CCC(C)NC(=O)CN(C(C)=O)c1ccc(OCc2ccc(Cl)cc2)cc1. The second-order valence-corrected chi connectivity index (χ2v) is 6.83. The van der Waals surface area contributed by atoms with Crippen LogP contribution in [0.3, 0.4) is 0 Å². The summed E-state index contributed by atoms with van der Waals surface area (Å²) in [4.78, 5) is 25.5. The lowest BCUT2D eigenvalue weighted by Gasteiger charge is -2.22. The lowest BCUT2D eigenvalue weighted by atomic mass is 10.2. The first-order valence-electron chi connectivity index (χ1n) is 8.93. The summed E-state index contributed by atoms with van der Waals surface area (Å²) in [5.74, 6) is 0.313. The number of anilines is 1. The standard InChI is InChI=1S/C21H25ClN2O3/c1-4-15(2)23-21(26)13-24(16(3)25)19-9-11-20(12-10-19)27-14-17-5-7-18(22)8-6-17/h5-12,15H,4,13-14H2,1-3H3,(H,23,26). The molecule has 6 heteroatoms. The minimum Gasteiger partial charge on any atom is -0.489 e. The monoisotopic (exact) mass is 388 g/mol. The summed E-state index contributed by atoms with van der Waals surface area (Å²) >= 11 is 5.87. The van der Waals surface area contributed by atoms with Gasteiger partial charge in [-0.1, -0.05) is 30.7 Å². The fourth-order valence-corrected chi connectivity index (χ4v) is 2.55. The molecule has 1 unspecified atom stereocenters. The third-order valence-electron chi connectivity index (χ3n) is 4.17. The van der Waals surface area contributed by atoms with Crippen LogP contribution in [0.5, 0.6) is 5.75 Å². The van der Waals surface area contributed by atoms with Crippen LogP contribution in [-0.2, 0) is 16.2 Å². The van der Waals surface area contributed by atoms with E-state index in [0.717, 1.165) is 12.0 Å². The molecule has 27 heavy (non-hydrogen) atoms. The van der Waals surface area contributed by atoms with E-state index in [4.69, 9.17) is 16.3 Å². The summed E-state index contributed by atoms with van der Waals surface area (Å²) in [6.45, 7) is 5.79. The molecule has 5 nitrogen and oxygen atoms in total. The van der Waals surface area contributed by atoms with Crippen LogP contribution in [0.4, 0.5) is 5.69 Å². The Morgan fingerprint density at radius 1 is 1.11 bits per heavy atom. The minimum atomic E-state index is -0.191. The van der Waals surface area contributed by atoms with Gasteiger partial charge in [0.1, 0.15) is 18.9 Å². The summed E-state index contributed by atoms with van der Waals surface area (Å²) in [6, 6.07) is 14.6. The van der Waals surface area contributed by atoms with E-state index >= 15 is 0 Å². The highest BCUT2D eigenvalue weighted by atomic mass is 35.5. The Hall–Kier alpha value is -2.53. The van der Waals surface area contributed by atoms with Crippen LogP contribution in [0.1, 0.15) is 32.8 Å². The van der Waals surface area contributed by atoms with Crippen molar-refractivity contribution in [3.8, 4) is 5.75 Å². The quantitative estimate of drug-likeness (QED) is 0.737. The normalized spacial score (nSPS) is 11.6. The van der Waals surface area contributed by atoms with Gasteiger partial charge < -0.3 is 15.0 Å². The summed E-state index contributed by atoms with van der Waals surface area (Å²) in [6.07, 6.45) is 0.839. The average molecular weight is 389 g/mol. The van der Waals surface area contributed by atoms with Gasteiger partial charge in [-0.25, -0.2) is 0 Å². The molecule has 144 valence electrons. The average Bonchev–Trinajstić information content (AvgIpc) is 2.66. The first-order valence-corrected chi connectivity index (χ1v) is 9.31. The molecule has 0 radical (unpaired) electrons. The number of halogens is 1. The highest BCUT2D eigenvalue weighted by Gasteiger charge is 2.16. The zero-order chi connectivity index (χ0) is 19.8. The van der Waals surface area contributed by atoms with Crippen molar-refractivity contribution in [2.75, 3.05) is 11.4 Å². The molecule has 0 spiro atoms. The number of nitrogens with one attached hydrogen (secondary N) is 1. The molecule has 2 rings (SSSR count). The zero-order valence-electron chi connectivity index (χ0n) is 15.9. The zero-order valence-corrected chi connectivity index (χ0v) is 16.6. The van der Waals surface area contributed by atoms with Crippen molar-refractivity contribution < 1.29 is 14.3 Å². The van der Waals surface area contributed by atoms with E-state index in [1.165, 1.54) is 11.8 Å². The largest absolute Gasteiger partial charge is 0.489 e. The number of nitrogens with zero attached hydrogens (tertiary/aromatic N) is 1. The number of carbonyl (C=O) groups excluding carboxylic acids is 2. The Labute approximate surface area is 165 Å². The van der Waals surface area contributed by atoms with E-state index < -0.39 is 0 Å². The summed E-state index contributed by atoms with van der Waals surface area (Å²) < 4.78 is 5.75. The smallest absolute Gasteiger partial charge is 0.240 e. The van der Waals surface area contributed by atoms with Crippen LogP contribution in [0.2, 0.25) is 5.02 Å². The molecule has 2 aromatic carbocycles. The molecule has 2 amide bonds. The lowest BCUT2D eigenvalue weighted by molar-refractivity contribution is -0.123. The number of hydrogen-bond donors (Lipinski definition) is 1. The van der Waals surface area contributed by atoms with Crippen molar-refractivity contribution in [2.45, 2.75) is 39.8 Å². The minimum absolute atomic E-state index is 0.00927. The van der Waals surface area contributed by atoms with Gasteiger partial charge in [0.2, 0.25) is 11.8 Å². The van der Waals surface area contributed by atoms with E-state index in [9.17, 15) is 9.59 Å². The van der Waals surface area contributed by atoms with Crippen molar-refractivity contribution in [2.24, 2.45) is 0 Å². The van der Waals surface area contributed by atoms with E-state index in [-0.39, 0.29) is 24.4 Å². The van der Waals surface area contributed by atoms with Crippen LogP contribution in [-0.4, -0.2) is 24.4 Å². The van der Waals surface area contributed by atoms with Gasteiger partial charge in [0.15, 0.2) is 0 Å². The fourth-order valence-electron chi connectivity index (χ4n) is 2.42. The van der Waals surface area contributed by atoms with Gasteiger partial charge >= 0.3 is 0 Å². The molecule has 0 fully saturated rings. The van der Waals surface area contributed by atoms with E-state index in [1.54, 1.807) is 24.3 Å².